The van der Waals surface area contributed by atoms with Crippen LogP contribution in [0.5, 0.6) is 5.75 Å². The minimum atomic E-state index is 0.827. The van der Waals surface area contributed by atoms with Crippen molar-refractivity contribution in [3.8, 4) is 5.75 Å². The summed E-state index contributed by atoms with van der Waals surface area (Å²) in [6.07, 6.45) is 1.76. The van der Waals surface area contributed by atoms with Crippen molar-refractivity contribution in [1.29, 1.82) is 0 Å². The van der Waals surface area contributed by atoms with Gasteiger partial charge in [-0.3, -0.25) is 4.99 Å². The summed E-state index contributed by atoms with van der Waals surface area (Å²) >= 11 is 0. The molecule has 1 aromatic carbocycles. The topological polar surface area (TPSA) is 21.6 Å². The molecule has 0 aromatic heterocycles. The number of hydrogen-bond donors (Lipinski definition) is 0. The highest BCUT2D eigenvalue weighted by atomic mass is 16.5. The highest BCUT2D eigenvalue weighted by Crippen LogP contribution is 2.31. The van der Waals surface area contributed by atoms with Crippen LogP contribution in [0.2, 0.25) is 0 Å². The highest BCUT2D eigenvalue weighted by molar-refractivity contribution is 5.70. The maximum atomic E-state index is 5.16. The normalized spacial score (nSPS) is 9.38. The lowest BCUT2D eigenvalue weighted by atomic mass is 10.1. The molecule has 2 nitrogen and oxygen atoms in total. The second kappa shape index (κ2) is 3.90. The molecule has 0 aliphatic carbocycles. The Hall–Kier alpha value is -1.57. The highest BCUT2D eigenvalue weighted by Gasteiger charge is 2.06. The van der Waals surface area contributed by atoms with E-state index in [2.05, 4.69) is 18.3 Å². The van der Waals surface area contributed by atoms with Crippen molar-refractivity contribution in [3.63, 3.8) is 0 Å². The van der Waals surface area contributed by atoms with Crippen LogP contribution in [-0.2, 0) is 0 Å². The van der Waals surface area contributed by atoms with Gasteiger partial charge in [-0.25, -0.2) is 0 Å². The molecule has 0 spiro atoms. The van der Waals surface area contributed by atoms with Crippen LogP contribution in [0.25, 0.3) is 6.08 Å². The molecule has 0 N–H and O–H groups in total. The summed E-state index contributed by atoms with van der Waals surface area (Å²) in [5.74, 6) is 0.827. The predicted molar refractivity (Wildman–Crippen MR) is 57.0 cm³/mol. The lowest BCUT2D eigenvalue weighted by molar-refractivity contribution is 0.412. The summed E-state index contributed by atoms with van der Waals surface area (Å²) in [5, 5.41) is 0. The average molecular weight is 175 g/mol. The first kappa shape index (κ1) is 9.52. The smallest absolute Gasteiger partial charge is 0.123 e. The van der Waals surface area contributed by atoms with E-state index in [1.807, 2.05) is 19.1 Å². The Balaban J connectivity index is 3.39. The van der Waals surface area contributed by atoms with Crippen molar-refractivity contribution < 1.29 is 4.74 Å². The van der Waals surface area contributed by atoms with Crippen LogP contribution in [0.1, 0.15) is 11.1 Å². The Morgan fingerprint density at radius 1 is 1.46 bits per heavy atom. The summed E-state index contributed by atoms with van der Waals surface area (Å²) in [6.45, 7) is 9.18. The van der Waals surface area contributed by atoms with Crippen molar-refractivity contribution in [3.05, 3.63) is 29.8 Å². The van der Waals surface area contributed by atoms with E-state index in [1.165, 1.54) is 0 Å². The van der Waals surface area contributed by atoms with Gasteiger partial charge in [0.15, 0.2) is 0 Å². The van der Waals surface area contributed by atoms with E-state index < -0.39 is 0 Å². The van der Waals surface area contributed by atoms with Gasteiger partial charge < -0.3 is 4.74 Å². The van der Waals surface area contributed by atoms with Crippen molar-refractivity contribution >= 4 is 18.5 Å². The maximum absolute atomic E-state index is 5.16. The largest absolute Gasteiger partial charge is 0.496 e. The fraction of sp³-hybridized carbons (Fsp3) is 0.182. The lowest BCUT2D eigenvalue weighted by Gasteiger charge is -2.09. The zero-order valence-electron chi connectivity index (χ0n) is 8.00. The number of methoxy groups -OCH3 is 1. The second-order valence-electron chi connectivity index (χ2n) is 2.69. The van der Waals surface area contributed by atoms with E-state index in [-0.39, 0.29) is 0 Å². The second-order valence-corrected chi connectivity index (χ2v) is 2.69. The molecule has 0 heterocycles. The molecule has 0 unspecified atom stereocenters. The quantitative estimate of drug-likeness (QED) is 0.647. The van der Waals surface area contributed by atoms with Gasteiger partial charge >= 0.3 is 0 Å². The molecule has 0 atom stereocenters. The minimum absolute atomic E-state index is 0.827. The molecule has 68 valence electrons. The van der Waals surface area contributed by atoms with E-state index in [0.29, 0.717) is 0 Å². The average Bonchev–Trinajstić information content (AvgIpc) is 2.17. The third kappa shape index (κ3) is 1.61. The Morgan fingerprint density at radius 3 is 2.62 bits per heavy atom. The van der Waals surface area contributed by atoms with Gasteiger partial charge in [0, 0.05) is 11.1 Å². The Morgan fingerprint density at radius 2 is 2.15 bits per heavy atom. The van der Waals surface area contributed by atoms with Crippen molar-refractivity contribution in [2.45, 2.75) is 6.92 Å². The van der Waals surface area contributed by atoms with Crippen LogP contribution in [-0.4, -0.2) is 13.8 Å². The molecule has 0 aliphatic rings. The summed E-state index contributed by atoms with van der Waals surface area (Å²) in [6, 6.07) is 3.82. The molecule has 0 bridgehead atoms. The Kier molecular flexibility index (Phi) is 2.85. The van der Waals surface area contributed by atoms with E-state index in [1.54, 1.807) is 13.2 Å². The third-order valence-electron chi connectivity index (χ3n) is 2.01. The molecule has 0 saturated carbocycles. The van der Waals surface area contributed by atoms with E-state index >= 15 is 0 Å². The first-order valence-electron chi connectivity index (χ1n) is 4.01. The van der Waals surface area contributed by atoms with Crippen LogP contribution < -0.4 is 4.74 Å². The standard InChI is InChI=1S/C11H13NO/c1-5-9-6-7-10(13-4)8(2)11(9)12-3/h5-7H,1,3H2,2,4H3. The van der Waals surface area contributed by atoms with E-state index in [4.69, 9.17) is 4.74 Å². The Bertz CT molecular complexity index is 342. The monoisotopic (exact) mass is 175 g/mol. The molecule has 0 saturated heterocycles. The summed E-state index contributed by atoms with van der Waals surface area (Å²) in [4.78, 5) is 3.95. The number of hydrogen-bond acceptors (Lipinski definition) is 2. The number of rotatable bonds is 3. The fourth-order valence-corrected chi connectivity index (χ4v) is 1.30. The van der Waals surface area contributed by atoms with Crippen LogP contribution in [0.15, 0.2) is 23.7 Å². The maximum Gasteiger partial charge on any atom is 0.123 e. The van der Waals surface area contributed by atoms with Gasteiger partial charge in [0.05, 0.1) is 12.8 Å². The summed E-state index contributed by atoms with van der Waals surface area (Å²) in [7, 11) is 1.64. The lowest BCUT2D eigenvalue weighted by Crippen LogP contribution is -1.88. The zero-order chi connectivity index (χ0) is 9.84. The van der Waals surface area contributed by atoms with Gasteiger partial charge in [-0.05, 0) is 25.8 Å². The van der Waals surface area contributed by atoms with Gasteiger partial charge in [0.1, 0.15) is 5.75 Å². The van der Waals surface area contributed by atoms with Crippen LogP contribution >= 0.6 is 0 Å². The molecule has 0 fully saturated rings. The molecule has 1 rings (SSSR count). The first-order valence-corrected chi connectivity index (χ1v) is 4.01. The fourth-order valence-electron chi connectivity index (χ4n) is 1.30. The summed E-state index contributed by atoms with van der Waals surface area (Å²) < 4.78 is 5.16. The predicted octanol–water partition coefficient (Wildman–Crippen LogP) is 2.98. The molecular formula is C11H13NO. The van der Waals surface area contributed by atoms with Crippen LogP contribution in [0, 0.1) is 6.92 Å². The van der Waals surface area contributed by atoms with Crippen LogP contribution in [0.4, 0.5) is 5.69 Å². The SMILES string of the molecule is C=Cc1ccc(OC)c(C)c1N=C. The van der Waals surface area contributed by atoms with Gasteiger partial charge in [-0.1, -0.05) is 12.7 Å². The van der Waals surface area contributed by atoms with Crippen molar-refractivity contribution in [2.24, 2.45) is 4.99 Å². The van der Waals surface area contributed by atoms with Gasteiger partial charge in [0.2, 0.25) is 0 Å². The summed E-state index contributed by atoms with van der Waals surface area (Å²) in [5.41, 5.74) is 2.82. The molecule has 0 radical (unpaired) electrons. The zero-order valence-corrected chi connectivity index (χ0v) is 8.00. The number of aliphatic imine (C=N–C) groups is 1. The molecule has 0 amide bonds. The minimum Gasteiger partial charge on any atom is -0.496 e. The number of nitrogens with zero attached hydrogens (tertiary/aromatic N) is 1. The van der Waals surface area contributed by atoms with Gasteiger partial charge in [-0.15, -0.1) is 0 Å². The van der Waals surface area contributed by atoms with Crippen molar-refractivity contribution in [2.75, 3.05) is 7.11 Å². The van der Waals surface area contributed by atoms with E-state index in [0.717, 1.165) is 22.6 Å². The molecule has 0 aliphatic heterocycles. The number of benzene rings is 1. The van der Waals surface area contributed by atoms with E-state index in [9.17, 15) is 0 Å². The first-order chi connectivity index (χ1) is 6.24. The van der Waals surface area contributed by atoms with Gasteiger partial charge in [-0.2, -0.15) is 0 Å². The number of ether oxygens (including phenoxy) is 1. The molecular weight excluding hydrogens is 162 g/mol. The molecule has 13 heavy (non-hydrogen) atoms. The van der Waals surface area contributed by atoms with Gasteiger partial charge in [0.25, 0.3) is 0 Å². The van der Waals surface area contributed by atoms with Crippen molar-refractivity contribution in [1.82, 2.24) is 0 Å². The Labute approximate surface area is 78.6 Å². The van der Waals surface area contributed by atoms with Crippen LogP contribution in [0.3, 0.4) is 0 Å². The third-order valence-corrected chi connectivity index (χ3v) is 2.01. The molecule has 2 heteroatoms. The molecule has 1 aromatic rings.